The van der Waals surface area contributed by atoms with Gasteiger partial charge in [0.2, 0.25) is 5.56 Å². The number of rotatable bonds is 4. The van der Waals surface area contributed by atoms with Crippen LogP contribution < -0.4 is 16.2 Å². The normalized spacial score (nSPS) is 11.3. The monoisotopic (exact) mass is 469 g/mol. The standard InChI is InChI=1S/C24H15F4N3O3/c25-14-7-5-13(6-8-14)22(33)29-15-9-10-20(18(11-15)24(26,27)28)31-23(34)17-12-21(32)30-19-4-2-1-3-16(17)19/h1-12H,(H,29,33)(H,30,32)(H,31,34). The van der Waals surface area contributed by atoms with E-state index in [1.165, 1.54) is 18.2 Å². The molecular weight excluding hydrogens is 454 g/mol. The number of alkyl halides is 3. The molecule has 0 bridgehead atoms. The second-order valence-corrected chi connectivity index (χ2v) is 7.27. The Morgan fingerprint density at radius 1 is 0.824 bits per heavy atom. The van der Waals surface area contributed by atoms with Crippen LogP contribution in [0.2, 0.25) is 0 Å². The molecule has 0 aliphatic heterocycles. The Balaban J connectivity index is 1.65. The zero-order valence-electron chi connectivity index (χ0n) is 17.2. The maximum atomic E-state index is 13.7. The van der Waals surface area contributed by atoms with Gasteiger partial charge in [-0.05, 0) is 48.5 Å². The Bertz CT molecular complexity index is 1460. The Morgan fingerprint density at radius 2 is 1.53 bits per heavy atom. The summed E-state index contributed by atoms with van der Waals surface area (Å²) in [6.45, 7) is 0. The van der Waals surface area contributed by atoms with E-state index in [1.807, 2.05) is 0 Å². The van der Waals surface area contributed by atoms with Crippen LogP contribution in [-0.4, -0.2) is 16.8 Å². The third-order valence-electron chi connectivity index (χ3n) is 4.93. The average molecular weight is 469 g/mol. The Labute approximate surface area is 189 Å². The van der Waals surface area contributed by atoms with Crippen molar-refractivity contribution in [2.45, 2.75) is 6.18 Å². The molecule has 0 aliphatic rings. The largest absolute Gasteiger partial charge is 0.418 e. The van der Waals surface area contributed by atoms with Gasteiger partial charge in [0.05, 0.1) is 16.8 Å². The highest BCUT2D eigenvalue weighted by molar-refractivity contribution is 6.12. The van der Waals surface area contributed by atoms with Gasteiger partial charge in [-0.3, -0.25) is 14.4 Å². The number of nitrogens with one attached hydrogen (secondary N) is 3. The minimum atomic E-state index is -4.87. The smallest absolute Gasteiger partial charge is 0.322 e. The first-order valence-corrected chi connectivity index (χ1v) is 9.83. The molecule has 34 heavy (non-hydrogen) atoms. The van der Waals surface area contributed by atoms with E-state index in [0.717, 1.165) is 24.3 Å². The van der Waals surface area contributed by atoms with Crippen LogP contribution in [-0.2, 0) is 6.18 Å². The number of aromatic nitrogens is 1. The first kappa shape index (κ1) is 22.7. The van der Waals surface area contributed by atoms with Crippen molar-refractivity contribution in [3.05, 3.63) is 106 Å². The lowest BCUT2D eigenvalue weighted by Gasteiger charge is -2.16. The van der Waals surface area contributed by atoms with Crippen molar-refractivity contribution in [1.82, 2.24) is 4.98 Å². The molecule has 0 fully saturated rings. The number of carbonyl (C=O) groups is 2. The molecule has 0 saturated heterocycles. The molecule has 10 heteroatoms. The van der Waals surface area contributed by atoms with Crippen molar-refractivity contribution in [3.63, 3.8) is 0 Å². The fourth-order valence-corrected chi connectivity index (χ4v) is 3.35. The van der Waals surface area contributed by atoms with E-state index in [4.69, 9.17) is 0 Å². The van der Waals surface area contributed by atoms with E-state index in [0.29, 0.717) is 17.0 Å². The molecule has 3 N–H and O–H groups in total. The van der Waals surface area contributed by atoms with Crippen molar-refractivity contribution >= 4 is 34.1 Å². The van der Waals surface area contributed by atoms with Crippen molar-refractivity contribution in [3.8, 4) is 0 Å². The SMILES string of the molecule is O=C(Nc1ccc(NC(=O)c2cc(=O)[nH]c3ccccc23)c(C(F)(F)F)c1)c1ccc(F)cc1. The molecule has 0 atom stereocenters. The lowest BCUT2D eigenvalue weighted by atomic mass is 10.1. The third-order valence-corrected chi connectivity index (χ3v) is 4.93. The van der Waals surface area contributed by atoms with Crippen LogP contribution in [0, 0.1) is 5.82 Å². The molecule has 6 nitrogen and oxygen atoms in total. The molecule has 3 aromatic carbocycles. The van der Waals surface area contributed by atoms with Gasteiger partial charge in [0.15, 0.2) is 0 Å². The van der Waals surface area contributed by atoms with Gasteiger partial charge in [0.25, 0.3) is 11.8 Å². The van der Waals surface area contributed by atoms with Gasteiger partial charge in [-0.1, -0.05) is 18.2 Å². The first-order chi connectivity index (χ1) is 16.1. The van der Waals surface area contributed by atoms with Crippen molar-refractivity contribution in [1.29, 1.82) is 0 Å². The summed E-state index contributed by atoms with van der Waals surface area (Å²) in [5, 5.41) is 4.88. The number of pyridine rings is 1. The first-order valence-electron chi connectivity index (χ1n) is 9.83. The molecule has 0 aliphatic carbocycles. The third kappa shape index (κ3) is 4.80. The molecule has 0 spiro atoms. The fourth-order valence-electron chi connectivity index (χ4n) is 3.35. The van der Waals surface area contributed by atoms with E-state index in [-0.39, 0.29) is 16.8 Å². The Kier molecular flexibility index (Phi) is 5.89. The average Bonchev–Trinajstić information content (AvgIpc) is 2.79. The minimum Gasteiger partial charge on any atom is -0.322 e. The highest BCUT2D eigenvalue weighted by Gasteiger charge is 2.34. The summed E-state index contributed by atoms with van der Waals surface area (Å²) < 4.78 is 54.3. The maximum absolute atomic E-state index is 13.7. The lowest BCUT2D eigenvalue weighted by Crippen LogP contribution is -2.20. The molecule has 1 aromatic heterocycles. The van der Waals surface area contributed by atoms with E-state index in [1.54, 1.807) is 24.3 Å². The predicted octanol–water partition coefficient (Wildman–Crippen LogP) is 5.19. The van der Waals surface area contributed by atoms with Crippen LogP contribution in [0.5, 0.6) is 0 Å². The summed E-state index contributed by atoms with van der Waals surface area (Å²) in [5.41, 5.74) is -2.21. The number of benzene rings is 3. The lowest BCUT2D eigenvalue weighted by molar-refractivity contribution is -0.136. The number of halogens is 4. The predicted molar refractivity (Wildman–Crippen MR) is 118 cm³/mol. The molecule has 0 radical (unpaired) electrons. The highest BCUT2D eigenvalue weighted by atomic mass is 19.4. The molecule has 0 unspecified atom stereocenters. The molecule has 4 rings (SSSR count). The zero-order chi connectivity index (χ0) is 24.5. The summed E-state index contributed by atoms with van der Waals surface area (Å²) in [7, 11) is 0. The minimum absolute atomic E-state index is 0.0496. The molecule has 1 heterocycles. The summed E-state index contributed by atoms with van der Waals surface area (Å²) >= 11 is 0. The van der Waals surface area contributed by atoms with Crippen LogP contribution in [0.4, 0.5) is 28.9 Å². The van der Waals surface area contributed by atoms with Crippen LogP contribution in [0.1, 0.15) is 26.3 Å². The maximum Gasteiger partial charge on any atom is 0.418 e. The summed E-state index contributed by atoms with van der Waals surface area (Å²) in [4.78, 5) is 39.5. The number of fused-ring (bicyclic) bond motifs is 1. The quantitative estimate of drug-likeness (QED) is 0.359. The molecule has 2 amide bonds. The van der Waals surface area contributed by atoms with E-state index < -0.39 is 40.6 Å². The summed E-state index contributed by atoms with van der Waals surface area (Å²) in [6, 6.07) is 14.7. The van der Waals surface area contributed by atoms with Crippen LogP contribution in [0.25, 0.3) is 10.9 Å². The number of H-pyrrole nitrogens is 1. The van der Waals surface area contributed by atoms with E-state index in [9.17, 15) is 31.9 Å². The summed E-state index contributed by atoms with van der Waals surface area (Å²) in [5.74, 6) is -2.21. The van der Waals surface area contributed by atoms with Gasteiger partial charge in [-0.25, -0.2) is 4.39 Å². The van der Waals surface area contributed by atoms with E-state index in [2.05, 4.69) is 15.6 Å². The Hall–Kier alpha value is -4.47. The van der Waals surface area contributed by atoms with Crippen LogP contribution >= 0.6 is 0 Å². The van der Waals surface area contributed by atoms with Gasteiger partial charge in [0.1, 0.15) is 5.82 Å². The topological polar surface area (TPSA) is 91.1 Å². The van der Waals surface area contributed by atoms with Gasteiger partial charge in [-0.2, -0.15) is 13.2 Å². The summed E-state index contributed by atoms with van der Waals surface area (Å²) in [6.07, 6.45) is -4.87. The number of hydrogen-bond acceptors (Lipinski definition) is 3. The van der Waals surface area contributed by atoms with Crippen molar-refractivity contribution in [2.24, 2.45) is 0 Å². The number of amides is 2. The zero-order valence-corrected chi connectivity index (χ0v) is 17.2. The molecule has 172 valence electrons. The number of aromatic amines is 1. The number of anilines is 2. The second-order valence-electron chi connectivity index (χ2n) is 7.27. The molecular formula is C24H15F4N3O3. The second kappa shape index (κ2) is 8.81. The van der Waals surface area contributed by atoms with Crippen molar-refractivity contribution < 1.29 is 27.2 Å². The number of hydrogen-bond donors (Lipinski definition) is 3. The van der Waals surface area contributed by atoms with Gasteiger partial charge < -0.3 is 15.6 Å². The van der Waals surface area contributed by atoms with Gasteiger partial charge >= 0.3 is 6.18 Å². The number of carbonyl (C=O) groups excluding carboxylic acids is 2. The Morgan fingerprint density at radius 3 is 2.24 bits per heavy atom. The van der Waals surface area contributed by atoms with Crippen LogP contribution in [0.3, 0.4) is 0 Å². The van der Waals surface area contributed by atoms with Crippen LogP contribution in [0.15, 0.2) is 77.6 Å². The van der Waals surface area contributed by atoms with Gasteiger partial charge in [0, 0.05) is 28.2 Å². The van der Waals surface area contributed by atoms with Gasteiger partial charge in [-0.15, -0.1) is 0 Å². The number of para-hydroxylation sites is 1. The van der Waals surface area contributed by atoms with Crippen molar-refractivity contribution in [2.75, 3.05) is 10.6 Å². The molecule has 4 aromatic rings. The fraction of sp³-hybridized carbons (Fsp3) is 0.0417. The highest BCUT2D eigenvalue weighted by Crippen LogP contribution is 2.37. The molecule has 0 saturated carbocycles. The van der Waals surface area contributed by atoms with E-state index >= 15 is 0 Å².